The van der Waals surface area contributed by atoms with Crippen LogP contribution in [-0.2, 0) is 26.8 Å². The Labute approximate surface area is 330 Å². The van der Waals surface area contributed by atoms with Crippen molar-refractivity contribution in [2.24, 2.45) is 20.5 Å². The number of rotatable bonds is 13. The number of nitro groups is 1. The highest BCUT2D eigenvalue weighted by molar-refractivity contribution is 7.86. The van der Waals surface area contributed by atoms with Gasteiger partial charge in [0.2, 0.25) is 0 Å². The maximum Gasteiger partial charge on any atom is 0.296 e. The van der Waals surface area contributed by atoms with Gasteiger partial charge in [-0.25, -0.2) is 0 Å². The van der Waals surface area contributed by atoms with Crippen molar-refractivity contribution < 1.29 is 45.8 Å². The molecule has 0 aliphatic rings. The molecule has 0 saturated heterocycles. The molecule has 0 aromatic heterocycles. The van der Waals surface area contributed by atoms with Crippen molar-refractivity contribution in [1.82, 2.24) is 0 Å². The lowest BCUT2D eigenvalue weighted by molar-refractivity contribution is -0.385. The van der Waals surface area contributed by atoms with Crippen LogP contribution in [0.1, 0.15) is 16.7 Å². The van der Waals surface area contributed by atoms with E-state index in [2.05, 4.69) is 25.8 Å². The summed E-state index contributed by atoms with van der Waals surface area (Å²) in [5.74, 6) is 0.0677. The second-order valence-electron chi connectivity index (χ2n) is 12.3. The van der Waals surface area contributed by atoms with Crippen LogP contribution in [0.15, 0.2) is 133 Å². The number of nitrogens with two attached hydrogens (primary N) is 1. The van der Waals surface area contributed by atoms with E-state index < -0.39 is 47.2 Å². The first-order valence-electron chi connectivity index (χ1n) is 16.6. The zero-order valence-electron chi connectivity index (χ0n) is 30.0. The van der Waals surface area contributed by atoms with Gasteiger partial charge in [0.1, 0.15) is 26.9 Å². The molecule has 6 aromatic carbocycles. The van der Waals surface area contributed by atoms with Crippen molar-refractivity contribution in [3.63, 3.8) is 0 Å². The fourth-order valence-electron chi connectivity index (χ4n) is 5.58. The van der Waals surface area contributed by atoms with Crippen molar-refractivity contribution in [2.45, 2.75) is 16.4 Å². The number of nitro benzene ring substituents is 1. The third kappa shape index (κ3) is 9.29. The highest BCUT2D eigenvalue weighted by Gasteiger charge is 2.19. The van der Waals surface area contributed by atoms with Gasteiger partial charge in [0.15, 0.2) is 5.75 Å². The second kappa shape index (κ2) is 16.6. The number of phenols is 1. The SMILES string of the molecule is COc1cc(N=Nc2ccc(C=Cc3ccc([N+](=O)[O-])cc3S(=O)(=O)O)cc2)c(CO)cc1N=Nc1ccc2cc(Nc3ccc(N)c(S(=O)(=O)O)c3)ccc2c1O. The number of nitrogens with zero attached hydrogens (tertiary/aromatic N) is 5. The predicted octanol–water partition coefficient (Wildman–Crippen LogP) is 8.77. The first kappa shape index (κ1) is 40.6. The number of ether oxygens (including phenoxy) is 1. The molecule has 18 nitrogen and oxygen atoms in total. The molecular formula is C38H31N7O11S2. The number of fused-ring (bicyclic) bond motifs is 1. The molecule has 6 rings (SSSR count). The molecule has 0 aliphatic carbocycles. The molecule has 0 saturated carbocycles. The molecule has 0 amide bonds. The quantitative estimate of drug-likeness (QED) is 0.0159. The van der Waals surface area contributed by atoms with Crippen LogP contribution in [0, 0.1) is 10.1 Å². The largest absolute Gasteiger partial charge is 0.505 e. The summed E-state index contributed by atoms with van der Waals surface area (Å²) in [4.78, 5) is 9.25. The number of methoxy groups -OCH3 is 1. The summed E-state index contributed by atoms with van der Waals surface area (Å²) in [5.41, 5.74) is 8.02. The molecule has 0 spiro atoms. The Kier molecular flexibility index (Phi) is 11.6. The van der Waals surface area contributed by atoms with E-state index in [1.54, 1.807) is 66.7 Å². The first-order valence-corrected chi connectivity index (χ1v) is 19.5. The summed E-state index contributed by atoms with van der Waals surface area (Å²) in [6, 6.07) is 25.0. The van der Waals surface area contributed by atoms with Gasteiger partial charge in [-0.1, -0.05) is 30.4 Å². The lowest BCUT2D eigenvalue weighted by Gasteiger charge is -2.11. The topological polar surface area (TPSA) is 289 Å². The molecule has 0 atom stereocenters. The van der Waals surface area contributed by atoms with Crippen LogP contribution >= 0.6 is 0 Å². The number of aliphatic hydroxyl groups is 1. The van der Waals surface area contributed by atoms with E-state index in [0.717, 1.165) is 12.1 Å². The molecule has 20 heteroatoms. The van der Waals surface area contributed by atoms with E-state index in [9.17, 15) is 46.3 Å². The van der Waals surface area contributed by atoms with Gasteiger partial charge >= 0.3 is 0 Å². The maximum atomic E-state index is 11.8. The van der Waals surface area contributed by atoms with Crippen LogP contribution in [-0.4, -0.2) is 48.2 Å². The summed E-state index contributed by atoms with van der Waals surface area (Å²) in [5, 5.41) is 53.3. The lowest BCUT2D eigenvalue weighted by Crippen LogP contribution is -2.04. The van der Waals surface area contributed by atoms with E-state index in [4.69, 9.17) is 10.5 Å². The standard InChI is InChI=1S/C38H31N7O11S2/c1-56-35-20-33(43-41-26-8-3-22(4-9-26)2-5-23-6-12-29(45(48)49)19-36(23)57(50,51)52)25(21-46)17-34(35)44-42-32-15-7-24-16-27(10-13-30(24)38(32)47)40-28-11-14-31(39)37(18-28)58(53,54)55/h2-20,40,46-47H,21,39H2,1H3,(H,50,51,52)(H,53,54,55). The highest BCUT2D eigenvalue weighted by atomic mass is 32.2. The van der Waals surface area contributed by atoms with Crippen molar-refractivity contribution >= 4 is 88.7 Å². The fourth-order valence-corrected chi connectivity index (χ4v) is 6.93. The lowest BCUT2D eigenvalue weighted by atomic mass is 10.1. The Morgan fingerprint density at radius 1 is 0.759 bits per heavy atom. The second-order valence-corrected chi connectivity index (χ2v) is 15.1. The van der Waals surface area contributed by atoms with E-state index in [1.807, 2.05) is 0 Å². The number of nitrogens with one attached hydrogen (secondary N) is 1. The minimum absolute atomic E-state index is 0.0436. The number of nitrogen functional groups attached to an aromatic ring is 1. The zero-order chi connectivity index (χ0) is 41.8. The van der Waals surface area contributed by atoms with Crippen molar-refractivity contribution in [3.8, 4) is 11.5 Å². The number of benzene rings is 6. The Bertz CT molecular complexity index is 2900. The fraction of sp³-hybridized carbons (Fsp3) is 0.0526. The number of non-ortho nitro benzene ring substituents is 1. The summed E-state index contributed by atoms with van der Waals surface area (Å²) in [6.45, 7) is -0.441. The maximum absolute atomic E-state index is 11.8. The van der Waals surface area contributed by atoms with Gasteiger partial charge < -0.3 is 26.0 Å². The van der Waals surface area contributed by atoms with Crippen LogP contribution in [0.4, 0.5) is 45.5 Å². The number of azo groups is 2. The van der Waals surface area contributed by atoms with Crippen LogP contribution in [0.5, 0.6) is 11.5 Å². The minimum Gasteiger partial charge on any atom is -0.505 e. The van der Waals surface area contributed by atoms with Gasteiger partial charge in [-0.2, -0.15) is 27.1 Å². The van der Waals surface area contributed by atoms with Crippen LogP contribution in [0.3, 0.4) is 0 Å². The molecule has 0 radical (unpaired) electrons. The molecule has 58 heavy (non-hydrogen) atoms. The number of hydrogen-bond acceptors (Lipinski definition) is 15. The number of aliphatic hydroxyl groups excluding tert-OH is 1. The smallest absolute Gasteiger partial charge is 0.296 e. The third-order valence-electron chi connectivity index (χ3n) is 8.47. The Hall–Kier alpha value is -7.10. The average Bonchev–Trinajstić information content (AvgIpc) is 3.19. The van der Waals surface area contributed by atoms with E-state index >= 15 is 0 Å². The van der Waals surface area contributed by atoms with E-state index in [-0.39, 0.29) is 39.8 Å². The van der Waals surface area contributed by atoms with E-state index in [1.165, 1.54) is 43.5 Å². The molecule has 0 bridgehead atoms. The molecule has 0 unspecified atom stereocenters. The number of phenolic OH excluding ortho intramolecular Hbond substituents is 1. The highest BCUT2D eigenvalue weighted by Crippen LogP contribution is 2.40. The molecule has 0 aliphatic heterocycles. The van der Waals surface area contributed by atoms with E-state index in [0.29, 0.717) is 39.0 Å². The minimum atomic E-state index is -4.74. The Balaban J connectivity index is 1.18. The molecule has 0 fully saturated rings. The number of aromatic hydroxyl groups is 1. The van der Waals surface area contributed by atoms with Crippen LogP contribution in [0.2, 0.25) is 0 Å². The van der Waals surface area contributed by atoms with Gasteiger partial charge in [-0.15, -0.1) is 10.2 Å². The molecular weight excluding hydrogens is 795 g/mol. The van der Waals surface area contributed by atoms with Crippen molar-refractivity contribution in [1.29, 1.82) is 0 Å². The summed E-state index contributed by atoms with van der Waals surface area (Å²) in [6.07, 6.45) is 2.93. The van der Waals surface area contributed by atoms with Crippen LogP contribution in [0.25, 0.3) is 22.9 Å². The van der Waals surface area contributed by atoms with Crippen molar-refractivity contribution in [2.75, 3.05) is 18.2 Å². The zero-order valence-corrected chi connectivity index (χ0v) is 31.6. The van der Waals surface area contributed by atoms with Gasteiger partial charge in [-0.05, 0) is 83.2 Å². The number of hydrogen-bond donors (Lipinski definition) is 6. The molecule has 6 aromatic rings. The van der Waals surface area contributed by atoms with Gasteiger partial charge in [0.25, 0.3) is 25.9 Å². The van der Waals surface area contributed by atoms with Crippen molar-refractivity contribution in [3.05, 3.63) is 130 Å². The molecule has 0 heterocycles. The Morgan fingerprint density at radius 2 is 1.43 bits per heavy atom. The monoisotopic (exact) mass is 825 g/mol. The average molecular weight is 826 g/mol. The van der Waals surface area contributed by atoms with Gasteiger partial charge in [-0.3, -0.25) is 19.2 Å². The van der Waals surface area contributed by atoms with Crippen LogP contribution < -0.4 is 15.8 Å². The summed E-state index contributed by atoms with van der Waals surface area (Å²) >= 11 is 0. The first-order chi connectivity index (χ1) is 27.5. The predicted molar refractivity (Wildman–Crippen MR) is 215 cm³/mol. The van der Waals surface area contributed by atoms with Gasteiger partial charge in [0.05, 0.1) is 35.7 Å². The van der Waals surface area contributed by atoms with Gasteiger partial charge in [0, 0.05) is 40.5 Å². The summed E-state index contributed by atoms with van der Waals surface area (Å²) < 4.78 is 71.4. The molecule has 7 N–H and O–H groups in total. The third-order valence-corrected chi connectivity index (χ3v) is 10.3. The normalized spacial score (nSPS) is 12.2. The molecule has 296 valence electrons. The summed E-state index contributed by atoms with van der Waals surface area (Å²) in [7, 11) is -7.87. The number of anilines is 3. The Morgan fingerprint density at radius 3 is 2.10 bits per heavy atom.